The van der Waals surface area contributed by atoms with Crippen LogP contribution in [0.15, 0.2) is 60.7 Å². The van der Waals surface area contributed by atoms with Gasteiger partial charge in [-0.05, 0) is 54.8 Å². The van der Waals surface area contributed by atoms with Gasteiger partial charge < -0.3 is 19.8 Å². The first kappa shape index (κ1) is 24.9. The Morgan fingerprint density at radius 1 is 1.13 bits per heavy atom. The highest BCUT2D eigenvalue weighted by Crippen LogP contribution is 2.28. The molecule has 6 rings (SSSR count). The van der Waals surface area contributed by atoms with Crippen LogP contribution in [0.1, 0.15) is 58.7 Å². The number of hydrogen-bond donors (Lipinski definition) is 3. The zero-order valence-electron chi connectivity index (χ0n) is 22.6. The van der Waals surface area contributed by atoms with Gasteiger partial charge in [-0.1, -0.05) is 42.5 Å². The van der Waals surface area contributed by atoms with Crippen molar-refractivity contribution in [1.29, 1.82) is 5.41 Å². The highest BCUT2D eigenvalue weighted by molar-refractivity contribution is 5.97. The van der Waals surface area contributed by atoms with Crippen molar-refractivity contribution in [2.24, 2.45) is 7.05 Å². The number of carbonyl (C=O) groups is 1. The minimum absolute atomic E-state index is 0.0412. The van der Waals surface area contributed by atoms with Gasteiger partial charge in [-0.25, -0.2) is 9.97 Å². The molecule has 0 radical (unpaired) electrons. The molecular formula is C31H33N7O. The number of nitrogens with zero attached hydrogens (tertiary/aromatic N) is 4. The summed E-state index contributed by atoms with van der Waals surface area (Å²) in [7, 11) is 1.99. The molecule has 1 atom stereocenters. The number of amidine groups is 1. The highest BCUT2D eigenvalue weighted by atomic mass is 16.1. The molecule has 3 heterocycles. The summed E-state index contributed by atoms with van der Waals surface area (Å²) in [6.07, 6.45) is 1.60. The van der Waals surface area contributed by atoms with Crippen LogP contribution < -0.4 is 5.32 Å². The summed E-state index contributed by atoms with van der Waals surface area (Å²) in [5.41, 5.74) is 5.79. The number of aromatic nitrogens is 4. The Kier molecular flexibility index (Phi) is 6.38. The average Bonchev–Trinajstić information content (AvgIpc) is 3.53. The molecule has 2 aromatic heterocycles. The van der Waals surface area contributed by atoms with Gasteiger partial charge in [0.05, 0.1) is 40.7 Å². The number of amides is 1. The number of carbonyl (C=O) groups excluding carboxylic acids is 1. The zero-order chi connectivity index (χ0) is 27.1. The normalized spacial score (nSPS) is 14.0. The minimum atomic E-state index is -0.0855. The van der Waals surface area contributed by atoms with Gasteiger partial charge >= 0.3 is 0 Å². The van der Waals surface area contributed by atoms with E-state index in [9.17, 15) is 4.79 Å². The van der Waals surface area contributed by atoms with Crippen molar-refractivity contribution < 1.29 is 4.79 Å². The van der Waals surface area contributed by atoms with Crippen molar-refractivity contribution in [2.75, 3.05) is 13.1 Å². The molecule has 198 valence electrons. The van der Waals surface area contributed by atoms with Gasteiger partial charge in [0, 0.05) is 32.1 Å². The first-order valence-corrected chi connectivity index (χ1v) is 13.5. The van der Waals surface area contributed by atoms with Crippen LogP contribution in [0.2, 0.25) is 0 Å². The van der Waals surface area contributed by atoms with E-state index in [4.69, 9.17) is 15.4 Å². The molecule has 8 nitrogen and oxygen atoms in total. The first-order valence-electron chi connectivity index (χ1n) is 13.5. The first-order chi connectivity index (χ1) is 18.9. The molecule has 3 N–H and O–H groups in total. The van der Waals surface area contributed by atoms with Gasteiger partial charge in [0.1, 0.15) is 11.6 Å². The van der Waals surface area contributed by atoms with Crippen LogP contribution in [0.5, 0.6) is 0 Å². The molecule has 3 aromatic carbocycles. The molecule has 0 aliphatic carbocycles. The fourth-order valence-electron chi connectivity index (χ4n) is 5.59. The van der Waals surface area contributed by atoms with Gasteiger partial charge in [-0.3, -0.25) is 10.2 Å². The zero-order valence-corrected chi connectivity index (χ0v) is 22.6. The van der Waals surface area contributed by atoms with E-state index in [1.54, 1.807) is 0 Å². The molecule has 1 aliphatic rings. The predicted molar refractivity (Wildman–Crippen MR) is 154 cm³/mol. The molecule has 0 fully saturated rings. The monoisotopic (exact) mass is 519 g/mol. The Hall–Kier alpha value is -4.46. The van der Waals surface area contributed by atoms with E-state index in [0.29, 0.717) is 24.5 Å². The molecule has 39 heavy (non-hydrogen) atoms. The third-order valence-corrected chi connectivity index (χ3v) is 7.86. The maximum atomic E-state index is 13.0. The van der Waals surface area contributed by atoms with Gasteiger partial charge in [0.15, 0.2) is 0 Å². The SMILES string of the molecule is CC(=N)N1CCc2nc(C(C)c3nc4ccc(C(=O)NCCc5cccc6ccccc56)cc4n3C)[nH]c2C1. The molecule has 1 amide bonds. The van der Waals surface area contributed by atoms with E-state index in [-0.39, 0.29) is 11.8 Å². The predicted octanol–water partition coefficient (Wildman–Crippen LogP) is 4.93. The summed E-state index contributed by atoms with van der Waals surface area (Å²) in [6.45, 7) is 6.00. The molecule has 1 aliphatic heterocycles. The van der Waals surface area contributed by atoms with Crippen molar-refractivity contribution in [3.8, 4) is 0 Å². The van der Waals surface area contributed by atoms with E-state index in [0.717, 1.165) is 53.5 Å². The van der Waals surface area contributed by atoms with Gasteiger partial charge in [-0.2, -0.15) is 0 Å². The molecule has 0 saturated heterocycles. The van der Waals surface area contributed by atoms with Crippen molar-refractivity contribution in [2.45, 2.75) is 39.2 Å². The number of benzene rings is 3. The quantitative estimate of drug-likeness (QED) is 0.219. The number of nitrogens with one attached hydrogen (secondary N) is 3. The second-order valence-electron chi connectivity index (χ2n) is 10.4. The highest BCUT2D eigenvalue weighted by Gasteiger charge is 2.25. The summed E-state index contributed by atoms with van der Waals surface area (Å²) in [5, 5.41) is 13.5. The number of rotatable bonds is 6. The Bertz CT molecular complexity index is 1710. The summed E-state index contributed by atoms with van der Waals surface area (Å²) in [6, 6.07) is 20.3. The molecule has 1 unspecified atom stereocenters. The third kappa shape index (κ3) is 4.67. The van der Waals surface area contributed by atoms with Crippen molar-refractivity contribution in [3.05, 3.63) is 94.8 Å². The Labute approximate surface area is 227 Å². The lowest BCUT2D eigenvalue weighted by Crippen LogP contribution is -2.33. The van der Waals surface area contributed by atoms with Gasteiger partial charge in [0.25, 0.3) is 5.91 Å². The van der Waals surface area contributed by atoms with Gasteiger partial charge in [0.2, 0.25) is 0 Å². The van der Waals surface area contributed by atoms with Crippen LogP contribution in [0.25, 0.3) is 21.8 Å². The Balaban J connectivity index is 1.17. The fraction of sp³-hybridized carbons (Fsp3) is 0.290. The molecular weight excluding hydrogens is 486 g/mol. The summed E-state index contributed by atoms with van der Waals surface area (Å²) >= 11 is 0. The Morgan fingerprint density at radius 3 is 2.79 bits per heavy atom. The number of H-pyrrole nitrogens is 1. The van der Waals surface area contributed by atoms with Crippen LogP contribution in [0.3, 0.4) is 0 Å². The number of aromatic amines is 1. The summed E-state index contributed by atoms with van der Waals surface area (Å²) in [5.74, 6) is 2.23. The van der Waals surface area contributed by atoms with Gasteiger partial charge in [-0.15, -0.1) is 0 Å². The van der Waals surface area contributed by atoms with Crippen LogP contribution in [-0.2, 0) is 26.4 Å². The largest absolute Gasteiger partial charge is 0.355 e. The van der Waals surface area contributed by atoms with Crippen LogP contribution in [0.4, 0.5) is 0 Å². The topological polar surface area (TPSA) is 103 Å². The van der Waals surface area contributed by atoms with E-state index in [1.165, 1.54) is 16.3 Å². The summed E-state index contributed by atoms with van der Waals surface area (Å²) in [4.78, 5) is 28.4. The second kappa shape index (κ2) is 10.0. The second-order valence-corrected chi connectivity index (χ2v) is 10.4. The van der Waals surface area contributed by atoms with E-state index < -0.39 is 0 Å². The lowest BCUT2D eigenvalue weighted by atomic mass is 10.0. The van der Waals surface area contributed by atoms with Crippen molar-refractivity contribution >= 4 is 33.5 Å². The van der Waals surface area contributed by atoms with Crippen molar-refractivity contribution in [3.63, 3.8) is 0 Å². The van der Waals surface area contributed by atoms with E-state index in [2.05, 4.69) is 63.1 Å². The molecule has 8 heteroatoms. The van der Waals surface area contributed by atoms with Crippen LogP contribution in [0, 0.1) is 5.41 Å². The molecule has 0 saturated carbocycles. The van der Waals surface area contributed by atoms with E-state index in [1.807, 2.05) is 38.2 Å². The maximum absolute atomic E-state index is 13.0. The number of hydrogen-bond acceptors (Lipinski definition) is 4. The number of fused-ring (bicyclic) bond motifs is 3. The molecule has 0 spiro atoms. The number of imidazole rings is 2. The lowest BCUT2D eigenvalue weighted by Gasteiger charge is -2.26. The smallest absolute Gasteiger partial charge is 0.251 e. The average molecular weight is 520 g/mol. The Morgan fingerprint density at radius 2 is 1.95 bits per heavy atom. The fourth-order valence-corrected chi connectivity index (χ4v) is 5.59. The molecule has 5 aromatic rings. The lowest BCUT2D eigenvalue weighted by molar-refractivity contribution is 0.0954. The summed E-state index contributed by atoms with van der Waals surface area (Å²) < 4.78 is 2.06. The van der Waals surface area contributed by atoms with Crippen molar-refractivity contribution in [1.82, 2.24) is 29.7 Å². The standard InChI is InChI=1S/C31H33N7O/c1-19(29-34-25-14-16-38(20(2)32)18-27(25)35-29)30-36-26-12-11-23(17-28(26)37(30)3)31(39)33-15-13-22-9-6-8-21-7-4-5-10-24(21)22/h4-12,17,19,32H,13-16,18H2,1-3H3,(H,33,39)(H,34,35). The van der Waals surface area contributed by atoms with E-state index >= 15 is 0 Å². The third-order valence-electron chi connectivity index (χ3n) is 7.86. The maximum Gasteiger partial charge on any atom is 0.251 e. The van der Waals surface area contributed by atoms with Crippen LogP contribution in [-0.4, -0.2) is 49.3 Å². The number of aryl methyl sites for hydroxylation is 1. The minimum Gasteiger partial charge on any atom is -0.355 e. The molecule has 0 bridgehead atoms. The van der Waals surface area contributed by atoms with Crippen LogP contribution >= 0.6 is 0 Å².